The van der Waals surface area contributed by atoms with E-state index in [-0.39, 0.29) is 17.9 Å². The molecule has 1 N–H and O–H groups in total. The molecule has 0 aromatic heterocycles. The predicted molar refractivity (Wildman–Crippen MR) is 104 cm³/mol. The Kier molecular flexibility index (Phi) is 7.22. The molecule has 1 aliphatic carbocycles. The van der Waals surface area contributed by atoms with E-state index in [9.17, 15) is 4.79 Å². The van der Waals surface area contributed by atoms with Crippen LogP contribution in [0.5, 0.6) is 0 Å². The molecule has 1 unspecified atom stereocenters. The highest BCUT2D eigenvalue weighted by Crippen LogP contribution is 2.21. The maximum Gasteiger partial charge on any atom is 0.220 e. The van der Waals surface area contributed by atoms with Crippen molar-refractivity contribution in [3.05, 3.63) is 35.9 Å². The first-order valence-electron chi connectivity index (χ1n) is 9.10. The Morgan fingerprint density at radius 3 is 2.38 bits per heavy atom. The summed E-state index contributed by atoms with van der Waals surface area (Å²) in [5.41, 5.74) is 1.14. The number of nitrogens with zero attached hydrogens (tertiary/aromatic N) is 1. The average molecular weight is 347 g/mol. The molecular formula is C20H30N2OS. The smallest absolute Gasteiger partial charge is 0.220 e. The van der Waals surface area contributed by atoms with Crippen LogP contribution >= 0.6 is 12.2 Å². The Hall–Kier alpha value is -1.42. The molecule has 0 saturated heterocycles. The van der Waals surface area contributed by atoms with E-state index in [4.69, 9.17) is 12.2 Å². The number of hydrogen-bond donors (Lipinski definition) is 1. The van der Waals surface area contributed by atoms with Crippen molar-refractivity contribution in [1.29, 1.82) is 0 Å². The van der Waals surface area contributed by atoms with E-state index in [1.165, 1.54) is 32.1 Å². The van der Waals surface area contributed by atoms with Crippen molar-refractivity contribution in [2.24, 2.45) is 5.92 Å². The number of amides is 1. The van der Waals surface area contributed by atoms with Gasteiger partial charge in [0.2, 0.25) is 5.91 Å². The first-order valence-corrected chi connectivity index (χ1v) is 9.51. The minimum Gasteiger partial charge on any atom is -0.375 e. The lowest BCUT2D eigenvalue weighted by Gasteiger charge is -2.36. The molecule has 0 spiro atoms. The van der Waals surface area contributed by atoms with Crippen molar-refractivity contribution >= 4 is 23.1 Å². The Bertz CT molecular complexity index is 538. The van der Waals surface area contributed by atoms with Gasteiger partial charge in [-0.25, -0.2) is 0 Å². The van der Waals surface area contributed by atoms with Crippen molar-refractivity contribution in [3.63, 3.8) is 0 Å². The van der Waals surface area contributed by atoms with Crippen LogP contribution in [0, 0.1) is 5.92 Å². The van der Waals surface area contributed by atoms with E-state index in [1.54, 1.807) is 6.92 Å². The lowest BCUT2D eigenvalue weighted by Crippen LogP contribution is -2.52. The summed E-state index contributed by atoms with van der Waals surface area (Å²) in [6.45, 7) is 6.52. The first-order chi connectivity index (χ1) is 11.5. The summed E-state index contributed by atoms with van der Waals surface area (Å²) < 4.78 is 0. The van der Waals surface area contributed by atoms with Crippen molar-refractivity contribution < 1.29 is 4.79 Å². The van der Waals surface area contributed by atoms with Gasteiger partial charge in [-0.2, -0.15) is 0 Å². The zero-order chi connectivity index (χ0) is 17.5. The zero-order valence-corrected chi connectivity index (χ0v) is 15.9. The maximum atomic E-state index is 12.3. The third-order valence-electron chi connectivity index (χ3n) is 4.79. The number of benzene rings is 1. The van der Waals surface area contributed by atoms with Gasteiger partial charge in [0.15, 0.2) is 0 Å². The SMILES string of the molecule is CC(=O)N(Cc1ccccc1)C(C(=S)NC1CCCCC1)C(C)C. The molecule has 0 heterocycles. The topological polar surface area (TPSA) is 32.3 Å². The molecule has 24 heavy (non-hydrogen) atoms. The van der Waals surface area contributed by atoms with Gasteiger partial charge >= 0.3 is 0 Å². The predicted octanol–water partition coefficient (Wildman–Crippen LogP) is 4.31. The molecule has 1 saturated carbocycles. The van der Waals surface area contributed by atoms with Gasteiger partial charge in [0, 0.05) is 19.5 Å². The molecule has 0 radical (unpaired) electrons. The summed E-state index contributed by atoms with van der Waals surface area (Å²) in [5, 5.41) is 3.56. The lowest BCUT2D eigenvalue weighted by atomic mass is 9.94. The van der Waals surface area contributed by atoms with E-state index in [2.05, 4.69) is 31.3 Å². The molecule has 1 aliphatic rings. The van der Waals surface area contributed by atoms with Gasteiger partial charge in [-0.3, -0.25) is 4.79 Å². The van der Waals surface area contributed by atoms with E-state index in [0.29, 0.717) is 12.6 Å². The number of thiocarbonyl (C=S) groups is 1. The molecule has 1 fully saturated rings. The number of carbonyl (C=O) groups excluding carboxylic acids is 1. The fourth-order valence-corrected chi connectivity index (χ4v) is 4.09. The average Bonchev–Trinajstić information content (AvgIpc) is 2.55. The molecule has 1 atom stereocenters. The molecular weight excluding hydrogens is 316 g/mol. The van der Waals surface area contributed by atoms with Gasteiger partial charge in [-0.05, 0) is 24.3 Å². The van der Waals surface area contributed by atoms with Crippen LogP contribution in [0.3, 0.4) is 0 Å². The molecule has 1 aromatic rings. The number of nitrogens with one attached hydrogen (secondary N) is 1. The summed E-state index contributed by atoms with van der Waals surface area (Å²) in [6, 6.07) is 10.6. The summed E-state index contributed by atoms with van der Waals surface area (Å²) in [7, 11) is 0. The molecule has 1 aromatic carbocycles. The standard InChI is InChI=1S/C20H30N2OS/c1-15(2)19(20(24)21-18-12-8-5-9-13-18)22(16(3)23)14-17-10-6-4-7-11-17/h4,6-7,10-11,15,18-19H,5,8-9,12-14H2,1-3H3,(H,21,24). The van der Waals surface area contributed by atoms with Crippen LogP contribution in [0.2, 0.25) is 0 Å². The van der Waals surface area contributed by atoms with E-state index >= 15 is 0 Å². The monoisotopic (exact) mass is 346 g/mol. The van der Waals surface area contributed by atoms with Crippen LogP contribution in [0.25, 0.3) is 0 Å². The minimum absolute atomic E-state index is 0.0559. The second-order valence-corrected chi connectivity index (χ2v) is 7.60. The van der Waals surface area contributed by atoms with E-state index in [0.717, 1.165) is 10.6 Å². The molecule has 0 aliphatic heterocycles. The third-order valence-corrected chi connectivity index (χ3v) is 5.15. The molecule has 3 nitrogen and oxygen atoms in total. The van der Waals surface area contributed by atoms with Crippen molar-refractivity contribution in [2.45, 2.75) is 71.5 Å². The van der Waals surface area contributed by atoms with Crippen LogP contribution < -0.4 is 5.32 Å². The van der Waals surface area contributed by atoms with E-state index < -0.39 is 0 Å². The highest BCUT2D eigenvalue weighted by atomic mass is 32.1. The van der Waals surface area contributed by atoms with Gasteiger partial charge in [-0.15, -0.1) is 0 Å². The van der Waals surface area contributed by atoms with Crippen molar-refractivity contribution in [3.8, 4) is 0 Å². The summed E-state index contributed by atoms with van der Waals surface area (Å²) >= 11 is 5.74. The van der Waals surface area contributed by atoms with Gasteiger partial charge < -0.3 is 10.2 Å². The molecule has 132 valence electrons. The van der Waals surface area contributed by atoms with Gasteiger partial charge in [-0.1, -0.05) is 75.7 Å². The second kappa shape index (κ2) is 9.16. The van der Waals surface area contributed by atoms with Crippen molar-refractivity contribution in [2.75, 3.05) is 0 Å². The lowest BCUT2D eigenvalue weighted by molar-refractivity contribution is -0.131. The minimum atomic E-state index is -0.0559. The summed E-state index contributed by atoms with van der Waals surface area (Å²) in [5.74, 6) is 0.353. The number of hydrogen-bond acceptors (Lipinski definition) is 2. The quantitative estimate of drug-likeness (QED) is 0.779. The highest BCUT2D eigenvalue weighted by Gasteiger charge is 2.29. The second-order valence-electron chi connectivity index (χ2n) is 7.16. The Morgan fingerprint density at radius 2 is 1.83 bits per heavy atom. The van der Waals surface area contributed by atoms with E-state index in [1.807, 2.05) is 23.1 Å². The fourth-order valence-electron chi connectivity index (χ4n) is 3.52. The van der Waals surface area contributed by atoms with Crippen LogP contribution in [-0.2, 0) is 11.3 Å². The van der Waals surface area contributed by atoms with Gasteiger partial charge in [0.1, 0.15) is 0 Å². The largest absolute Gasteiger partial charge is 0.375 e. The Labute approximate surface area is 151 Å². The van der Waals surface area contributed by atoms with Crippen LogP contribution in [-0.4, -0.2) is 27.9 Å². The molecule has 2 rings (SSSR count). The van der Waals surface area contributed by atoms with Crippen LogP contribution in [0.4, 0.5) is 0 Å². The summed E-state index contributed by atoms with van der Waals surface area (Å²) in [4.78, 5) is 15.1. The maximum absolute atomic E-state index is 12.3. The Balaban J connectivity index is 2.12. The van der Waals surface area contributed by atoms with Crippen LogP contribution in [0.1, 0.15) is 58.4 Å². The zero-order valence-electron chi connectivity index (χ0n) is 15.1. The third kappa shape index (κ3) is 5.30. The van der Waals surface area contributed by atoms with Gasteiger partial charge in [0.05, 0.1) is 11.0 Å². The highest BCUT2D eigenvalue weighted by molar-refractivity contribution is 7.80. The van der Waals surface area contributed by atoms with Crippen molar-refractivity contribution in [1.82, 2.24) is 10.2 Å². The van der Waals surface area contributed by atoms with Gasteiger partial charge in [0.25, 0.3) is 0 Å². The molecule has 0 bridgehead atoms. The number of carbonyl (C=O) groups is 1. The fraction of sp³-hybridized carbons (Fsp3) is 0.600. The first kappa shape index (κ1) is 18.9. The Morgan fingerprint density at radius 1 is 1.21 bits per heavy atom. The normalized spacial score (nSPS) is 16.7. The number of rotatable bonds is 6. The summed E-state index contributed by atoms with van der Waals surface area (Å²) in [6.07, 6.45) is 6.24. The van der Waals surface area contributed by atoms with Crippen LogP contribution in [0.15, 0.2) is 30.3 Å². The molecule has 4 heteroatoms. The molecule has 1 amide bonds.